The van der Waals surface area contributed by atoms with Crippen molar-refractivity contribution in [2.24, 2.45) is 4.99 Å². The van der Waals surface area contributed by atoms with Crippen molar-refractivity contribution in [2.45, 2.75) is 19.8 Å². The highest BCUT2D eigenvalue weighted by molar-refractivity contribution is 14.0. The summed E-state index contributed by atoms with van der Waals surface area (Å²) in [5.74, 6) is 0.907. The van der Waals surface area contributed by atoms with Crippen LogP contribution in [0.15, 0.2) is 29.3 Å². The average molecular weight is 503 g/mol. The minimum Gasteiger partial charge on any atom is -0.379 e. The Kier molecular flexibility index (Phi) is 10.3. The van der Waals surface area contributed by atoms with Crippen molar-refractivity contribution in [3.8, 4) is 0 Å². The van der Waals surface area contributed by atoms with Crippen LogP contribution in [0.3, 0.4) is 0 Å². The number of rotatable bonds is 8. The summed E-state index contributed by atoms with van der Waals surface area (Å²) in [7, 11) is 0. The van der Waals surface area contributed by atoms with Gasteiger partial charge in [0, 0.05) is 45.7 Å². The average Bonchev–Trinajstić information content (AvgIpc) is 3.09. The van der Waals surface area contributed by atoms with Gasteiger partial charge in [0.15, 0.2) is 5.96 Å². The first-order chi connectivity index (χ1) is 12.8. The van der Waals surface area contributed by atoms with Gasteiger partial charge in [-0.15, -0.1) is 35.3 Å². The van der Waals surface area contributed by atoms with Gasteiger partial charge in [-0.1, -0.05) is 12.1 Å². The minimum atomic E-state index is 0. The van der Waals surface area contributed by atoms with Crippen LogP contribution in [0, 0.1) is 0 Å². The number of nitrogens with one attached hydrogen (secondary N) is 2. The van der Waals surface area contributed by atoms with Gasteiger partial charge in [0.1, 0.15) is 0 Å². The molecule has 2 N–H and O–H groups in total. The fraction of sp³-hybridized carbons (Fsp3) is 0.579. The Hall–Kier alpha value is -0.970. The first kappa shape index (κ1) is 22.3. The van der Waals surface area contributed by atoms with Crippen LogP contribution in [0.2, 0.25) is 0 Å². The first-order valence-corrected chi connectivity index (χ1v) is 10.3. The Balaban J connectivity index is 0.00000261. The van der Waals surface area contributed by atoms with Crippen LogP contribution in [0.5, 0.6) is 0 Å². The zero-order valence-corrected chi connectivity index (χ0v) is 19.1. The molecular weight excluding hydrogens is 473 g/mol. The van der Waals surface area contributed by atoms with E-state index in [4.69, 9.17) is 14.7 Å². The molecule has 3 rings (SSSR count). The summed E-state index contributed by atoms with van der Waals surface area (Å²) in [6, 6.07) is 8.33. The molecule has 6 nitrogen and oxygen atoms in total. The number of benzene rings is 1. The number of guanidine groups is 1. The second-order valence-electron chi connectivity index (χ2n) is 6.32. The van der Waals surface area contributed by atoms with E-state index in [2.05, 4.69) is 40.7 Å². The summed E-state index contributed by atoms with van der Waals surface area (Å²) >= 11 is 1.79. The van der Waals surface area contributed by atoms with Gasteiger partial charge < -0.3 is 15.4 Å². The molecule has 1 saturated heterocycles. The number of hydrogen-bond acceptors (Lipinski definition) is 5. The van der Waals surface area contributed by atoms with E-state index in [-0.39, 0.29) is 24.0 Å². The maximum absolute atomic E-state index is 5.38. The van der Waals surface area contributed by atoms with Crippen molar-refractivity contribution in [2.75, 3.05) is 52.5 Å². The van der Waals surface area contributed by atoms with Crippen molar-refractivity contribution >= 4 is 51.5 Å². The SMILES string of the molecule is CCNC(=NCCCc1nc2ccccc2s1)NCCN1CCOCC1.I. The Morgan fingerprint density at radius 2 is 2.07 bits per heavy atom. The summed E-state index contributed by atoms with van der Waals surface area (Å²) in [5.41, 5.74) is 1.11. The highest BCUT2D eigenvalue weighted by atomic mass is 127. The summed E-state index contributed by atoms with van der Waals surface area (Å²) in [6.45, 7) is 9.46. The van der Waals surface area contributed by atoms with E-state index in [0.717, 1.165) is 76.8 Å². The van der Waals surface area contributed by atoms with E-state index >= 15 is 0 Å². The van der Waals surface area contributed by atoms with Gasteiger partial charge in [-0.05, 0) is 25.5 Å². The van der Waals surface area contributed by atoms with E-state index in [0.29, 0.717) is 0 Å². The number of aryl methyl sites for hydroxylation is 1. The highest BCUT2D eigenvalue weighted by Crippen LogP contribution is 2.22. The third-order valence-corrected chi connectivity index (χ3v) is 5.42. The van der Waals surface area contributed by atoms with E-state index in [1.165, 1.54) is 9.71 Å². The van der Waals surface area contributed by atoms with Gasteiger partial charge in [0.05, 0.1) is 28.4 Å². The monoisotopic (exact) mass is 503 g/mol. The fourth-order valence-corrected chi connectivity index (χ4v) is 3.96. The molecule has 1 fully saturated rings. The molecule has 1 aromatic heterocycles. The largest absolute Gasteiger partial charge is 0.379 e. The molecular formula is C19H30IN5OS. The van der Waals surface area contributed by atoms with Crippen LogP contribution in [0.25, 0.3) is 10.2 Å². The van der Waals surface area contributed by atoms with E-state index in [1.54, 1.807) is 11.3 Å². The standard InChI is InChI=1S/C19H29N5OS.HI/c1-2-20-19(22-10-11-24-12-14-25-15-13-24)21-9-5-8-18-23-16-6-3-4-7-17(16)26-18;/h3-4,6-7H,2,5,8-15H2,1H3,(H2,20,21,22);1H. The van der Waals surface area contributed by atoms with Crippen molar-refractivity contribution < 1.29 is 4.74 Å². The summed E-state index contributed by atoms with van der Waals surface area (Å²) < 4.78 is 6.65. The molecule has 0 aliphatic carbocycles. The smallest absolute Gasteiger partial charge is 0.191 e. The molecule has 2 aromatic rings. The zero-order chi connectivity index (χ0) is 18.0. The Morgan fingerprint density at radius 3 is 2.85 bits per heavy atom. The molecule has 2 heterocycles. The van der Waals surface area contributed by atoms with Crippen LogP contribution >= 0.6 is 35.3 Å². The molecule has 0 unspecified atom stereocenters. The Bertz CT molecular complexity index is 669. The lowest BCUT2D eigenvalue weighted by atomic mass is 10.3. The van der Waals surface area contributed by atoms with E-state index < -0.39 is 0 Å². The number of hydrogen-bond donors (Lipinski definition) is 2. The molecule has 0 bridgehead atoms. The predicted octanol–water partition coefficient (Wildman–Crippen LogP) is 2.73. The third-order valence-electron chi connectivity index (χ3n) is 4.33. The molecule has 27 heavy (non-hydrogen) atoms. The molecule has 0 atom stereocenters. The number of aliphatic imine (C=N–C) groups is 1. The molecule has 0 radical (unpaired) electrons. The molecule has 1 aromatic carbocycles. The first-order valence-electron chi connectivity index (χ1n) is 9.52. The van der Waals surface area contributed by atoms with Crippen molar-refractivity contribution in [1.82, 2.24) is 20.5 Å². The van der Waals surface area contributed by atoms with Crippen LogP contribution in [0.4, 0.5) is 0 Å². The summed E-state index contributed by atoms with van der Waals surface area (Å²) in [5, 5.41) is 7.96. The van der Waals surface area contributed by atoms with Crippen LogP contribution < -0.4 is 10.6 Å². The number of thiazole rings is 1. The topological polar surface area (TPSA) is 61.8 Å². The van der Waals surface area contributed by atoms with Crippen molar-refractivity contribution in [3.63, 3.8) is 0 Å². The lowest BCUT2D eigenvalue weighted by Gasteiger charge is -2.26. The number of ether oxygens (including phenoxy) is 1. The lowest BCUT2D eigenvalue weighted by Crippen LogP contribution is -2.44. The molecule has 0 saturated carbocycles. The normalized spacial score (nSPS) is 15.5. The summed E-state index contributed by atoms with van der Waals surface area (Å²) in [6.07, 6.45) is 2.00. The van der Waals surface area contributed by atoms with Gasteiger partial charge in [-0.2, -0.15) is 0 Å². The van der Waals surface area contributed by atoms with Gasteiger partial charge >= 0.3 is 0 Å². The molecule has 1 aliphatic heterocycles. The van der Waals surface area contributed by atoms with Crippen LogP contribution in [-0.4, -0.2) is 68.3 Å². The second kappa shape index (κ2) is 12.5. The molecule has 1 aliphatic rings. The van der Waals surface area contributed by atoms with E-state index in [9.17, 15) is 0 Å². The number of nitrogens with zero attached hydrogens (tertiary/aromatic N) is 3. The van der Waals surface area contributed by atoms with Gasteiger partial charge in [-0.3, -0.25) is 9.89 Å². The number of fused-ring (bicyclic) bond motifs is 1. The maximum atomic E-state index is 5.38. The van der Waals surface area contributed by atoms with Gasteiger partial charge in [-0.25, -0.2) is 4.98 Å². The van der Waals surface area contributed by atoms with Crippen molar-refractivity contribution in [1.29, 1.82) is 0 Å². The minimum absolute atomic E-state index is 0. The van der Waals surface area contributed by atoms with Crippen LogP contribution in [0.1, 0.15) is 18.4 Å². The molecule has 8 heteroatoms. The zero-order valence-electron chi connectivity index (χ0n) is 15.9. The number of aromatic nitrogens is 1. The van der Waals surface area contributed by atoms with E-state index in [1.807, 2.05) is 6.07 Å². The fourth-order valence-electron chi connectivity index (χ4n) is 2.95. The van der Waals surface area contributed by atoms with Crippen LogP contribution in [-0.2, 0) is 11.2 Å². The number of para-hydroxylation sites is 1. The Morgan fingerprint density at radius 1 is 1.26 bits per heavy atom. The maximum Gasteiger partial charge on any atom is 0.191 e. The van der Waals surface area contributed by atoms with Gasteiger partial charge in [0.25, 0.3) is 0 Å². The van der Waals surface area contributed by atoms with Gasteiger partial charge in [0.2, 0.25) is 0 Å². The lowest BCUT2D eigenvalue weighted by molar-refractivity contribution is 0.0389. The predicted molar refractivity (Wildman–Crippen MR) is 125 cm³/mol. The number of morpholine rings is 1. The van der Waals surface area contributed by atoms with Crippen molar-refractivity contribution in [3.05, 3.63) is 29.3 Å². The molecule has 0 amide bonds. The Labute approximate surface area is 182 Å². The number of halogens is 1. The highest BCUT2D eigenvalue weighted by Gasteiger charge is 2.09. The second-order valence-corrected chi connectivity index (χ2v) is 7.44. The third kappa shape index (κ3) is 7.52. The molecule has 0 spiro atoms. The summed E-state index contributed by atoms with van der Waals surface area (Å²) in [4.78, 5) is 11.8. The quantitative estimate of drug-likeness (QED) is 0.251. The molecule has 150 valence electrons.